The molecule has 0 saturated carbocycles. The predicted octanol–water partition coefficient (Wildman–Crippen LogP) is 1.94. The van der Waals surface area contributed by atoms with Crippen LogP contribution >= 0.6 is 7.37 Å². The van der Waals surface area contributed by atoms with Crippen LogP contribution in [0.1, 0.15) is 13.8 Å². The molecule has 1 fully saturated rings. The maximum Gasteiger partial charge on any atom is 0.197 e. The van der Waals surface area contributed by atoms with Gasteiger partial charge < -0.3 is 14.0 Å². The van der Waals surface area contributed by atoms with Crippen molar-refractivity contribution < 1.29 is 18.6 Å². The first-order valence-corrected chi connectivity index (χ1v) is 7.28. The van der Waals surface area contributed by atoms with E-state index in [9.17, 15) is 4.57 Å². The highest BCUT2D eigenvalue weighted by Crippen LogP contribution is 2.38. The molecule has 5 heteroatoms. The van der Waals surface area contributed by atoms with E-state index in [0.29, 0.717) is 19.8 Å². The van der Waals surface area contributed by atoms with Gasteiger partial charge in [-0.3, -0.25) is 4.57 Å². The lowest BCUT2D eigenvalue weighted by molar-refractivity contribution is -0.264. The van der Waals surface area contributed by atoms with E-state index in [1.807, 2.05) is 13.8 Å². The summed E-state index contributed by atoms with van der Waals surface area (Å²) in [5.41, 5.74) is 0. The van der Waals surface area contributed by atoms with Crippen molar-refractivity contribution in [3.63, 3.8) is 0 Å². The first-order valence-electron chi connectivity index (χ1n) is 4.76. The minimum Gasteiger partial charge on any atom is -0.350 e. The molecule has 0 aromatic heterocycles. The number of hydrogen-bond donors (Lipinski definition) is 0. The Hall–Kier alpha value is 0.110. The standard InChI is InChI=1S/C9H19O4P/c1-9(2)11-5-8(6-12-9)7-13-14(3,4)10/h8H,5-7H2,1-4H3. The van der Waals surface area contributed by atoms with E-state index in [0.717, 1.165) is 0 Å². The fourth-order valence-corrected chi connectivity index (χ4v) is 1.68. The molecular formula is C9H19O4P. The minimum atomic E-state index is -2.38. The highest BCUT2D eigenvalue weighted by Gasteiger charge is 2.28. The quantitative estimate of drug-likeness (QED) is 0.684. The summed E-state index contributed by atoms with van der Waals surface area (Å²) in [6.07, 6.45) is 0. The van der Waals surface area contributed by atoms with Crippen LogP contribution in [-0.4, -0.2) is 38.9 Å². The summed E-state index contributed by atoms with van der Waals surface area (Å²) in [5.74, 6) is -0.297. The molecule has 0 amide bonds. The fraction of sp³-hybridized carbons (Fsp3) is 1.00. The van der Waals surface area contributed by atoms with Gasteiger partial charge in [-0.05, 0) is 13.8 Å². The van der Waals surface area contributed by atoms with Crippen LogP contribution in [-0.2, 0) is 18.6 Å². The third-order valence-electron chi connectivity index (χ3n) is 1.95. The molecular weight excluding hydrogens is 203 g/mol. The third kappa shape index (κ3) is 4.56. The van der Waals surface area contributed by atoms with E-state index in [1.54, 1.807) is 13.3 Å². The first-order chi connectivity index (χ1) is 6.29. The molecule has 1 aliphatic heterocycles. The van der Waals surface area contributed by atoms with Crippen LogP contribution in [0.2, 0.25) is 0 Å². The van der Waals surface area contributed by atoms with Crippen LogP contribution in [0.4, 0.5) is 0 Å². The monoisotopic (exact) mass is 222 g/mol. The average molecular weight is 222 g/mol. The fourth-order valence-electron chi connectivity index (χ4n) is 1.11. The molecule has 84 valence electrons. The maximum atomic E-state index is 11.3. The van der Waals surface area contributed by atoms with Crippen LogP contribution in [0.3, 0.4) is 0 Å². The van der Waals surface area contributed by atoms with Crippen molar-refractivity contribution >= 4 is 7.37 Å². The Bertz CT molecular complexity index is 223. The summed E-state index contributed by atoms with van der Waals surface area (Å²) >= 11 is 0. The lowest BCUT2D eigenvalue weighted by atomic mass is 10.1. The first kappa shape index (κ1) is 12.2. The van der Waals surface area contributed by atoms with E-state index in [2.05, 4.69) is 0 Å². The smallest absolute Gasteiger partial charge is 0.197 e. The molecule has 1 saturated heterocycles. The molecule has 0 N–H and O–H groups in total. The van der Waals surface area contributed by atoms with Gasteiger partial charge in [0.25, 0.3) is 0 Å². The van der Waals surface area contributed by atoms with Gasteiger partial charge >= 0.3 is 0 Å². The molecule has 0 bridgehead atoms. The second-order valence-electron chi connectivity index (χ2n) is 4.44. The summed E-state index contributed by atoms with van der Waals surface area (Å²) in [4.78, 5) is 0. The Kier molecular flexibility index (Phi) is 3.75. The van der Waals surface area contributed by atoms with Crippen molar-refractivity contribution in [1.82, 2.24) is 0 Å². The molecule has 1 aliphatic rings. The number of rotatable bonds is 3. The highest BCUT2D eigenvalue weighted by molar-refractivity contribution is 7.57. The topological polar surface area (TPSA) is 44.8 Å². The van der Waals surface area contributed by atoms with Crippen LogP contribution in [0.5, 0.6) is 0 Å². The maximum absolute atomic E-state index is 11.3. The molecule has 0 atom stereocenters. The average Bonchev–Trinajstić information content (AvgIpc) is 2.01. The Morgan fingerprint density at radius 2 is 1.86 bits per heavy atom. The molecule has 1 rings (SSSR count). The Morgan fingerprint density at radius 3 is 2.29 bits per heavy atom. The molecule has 14 heavy (non-hydrogen) atoms. The predicted molar refractivity (Wildman–Crippen MR) is 54.9 cm³/mol. The Balaban J connectivity index is 2.26. The highest BCUT2D eigenvalue weighted by atomic mass is 31.2. The summed E-state index contributed by atoms with van der Waals surface area (Å²) in [6, 6.07) is 0. The largest absolute Gasteiger partial charge is 0.350 e. The molecule has 0 radical (unpaired) electrons. The third-order valence-corrected chi connectivity index (χ3v) is 2.73. The molecule has 0 aromatic carbocycles. The molecule has 0 aliphatic carbocycles. The van der Waals surface area contributed by atoms with Gasteiger partial charge in [-0.25, -0.2) is 0 Å². The molecule has 4 nitrogen and oxygen atoms in total. The minimum absolute atomic E-state index is 0.191. The van der Waals surface area contributed by atoms with E-state index >= 15 is 0 Å². The zero-order chi connectivity index (χ0) is 10.8. The van der Waals surface area contributed by atoms with Crippen LogP contribution in [0.15, 0.2) is 0 Å². The van der Waals surface area contributed by atoms with Crippen molar-refractivity contribution in [2.24, 2.45) is 5.92 Å². The van der Waals surface area contributed by atoms with Crippen molar-refractivity contribution in [2.45, 2.75) is 19.6 Å². The second kappa shape index (κ2) is 4.31. The van der Waals surface area contributed by atoms with Gasteiger partial charge in [0.2, 0.25) is 0 Å². The van der Waals surface area contributed by atoms with E-state index < -0.39 is 13.2 Å². The van der Waals surface area contributed by atoms with Crippen LogP contribution in [0, 0.1) is 5.92 Å². The van der Waals surface area contributed by atoms with E-state index in [-0.39, 0.29) is 5.92 Å². The zero-order valence-electron chi connectivity index (χ0n) is 9.28. The summed E-state index contributed by atoms with van der Waals surface area (Å²) in [6.45, 7) is 8.65. The Labute approximate surface area is 85.4 Å². The van der Waals surface area contributed by atoms with Crippen LogP contribution < -0.4 is 0 Å². The van der Waals surface area contributed by atoms with Crippen molar-refractivity contribution in [1.29, 1.82) is 0 Å². The normalized spacial score (nSPS) is 23.7. The molecule has 0 spiro atoms. The van der Waals surface area contributed by atoms with Gasteiger partial charge in [-0.1, -0.05) is 0 Å². The van der Waals surface area contributed by atoms with Gasteiger partial charge in [-0.2, -0.15) is 0 Å². The van der Waals surface area contributed by atoms with Gasteiger partial charge in [0.05, 0.1) is 19.8 Å². The summed E-state index contributed by atoms with van der Waals surface area (Å²) in [7, 11) is -2.38. The van der Waals surface area contributed by atoms with Crippen LogP contribution in [0.25, 0.3) is 0 Å². The van der Waals surface area contributed by atoms with Gasteiger partial charge in [-0.15, -0.1) is 0 Å². The van der Waals surface area contributed by atoms with Gasteiger partial charge in [0.1, 0.15) is 0 Å². The van der Waals surface area contributed by atoms with Crippen molar-refractivity contribution in [3.8, 4) is 0 Å². The second-order valence-corrected chi connectivity index (χ2v) is 7.20. The zero-order valence-corrected chi connectivity index (χ0v) is 10.2. The van der Waals surface area contributed by atoms with Gasteiger partial charge in [0.15, 0.2) is 13.2 Å². The van der Waals surface area contributed by atoms with Gasteiger partial charge in [0, 0.05) is 19.2 Å². The van der Waals surface area contributed by atoms with E-state index in [4.69, 9.17) is 14.0 Å². The van der Waals surface area contributed by atoms with Crippen molar-refractivity contribution in [2.75, 3.05) is 33.2 Å². The lowest BCUT2D eigenvalue weighted by Crippen LogP contribution is -2.40. The van der Waals surface area contributed by atoms with Crippen molar-refractivity contribution in [3.05, 3.63) is 0 Å². The summed E-state index contributed by atoms with van der Waals surface area (Å²) < 4.78 is 27.4. The molecule has 1 heterocycles. The van der Waals surface area contributed by atoms with E-state index in [1.165, 1.54) is 0 Å². The summed E-state index contributed by atoms with van der Waals surface area (Å²) in [5, 5.41) is 0. The Morgan fingerprint density at radius 1 is 1.36 bits per heavy atom. The molecule has 0 unspecified atom stereocenters. The number of ether oxygens (including phenoxy) is 2. The SMILES string of the molecule is CC1(C)OCC(COP(C)(C)=O)CO1. The number of hydrogen-bond acceptors (Lipinski definition) is 4. The molecule has 0 aromatic rings. The lowest BCUT2D eigenvalue weighted by Gasteiger charge is -2.34.